The Balaban J connectivity index is 0.000000433. The van der Waals surface area contributed by atoms with Crippen LogP contribution in [0.25, 0.3) is 0 Å². The minimum absolute atomic E-state index is 0.0915. The van der Waals surface area contributed by atoms with Gasteiger partial charge in [0.2, 0.25) is 5.91 Å². The molecule has 2 amide bonds. The van der Waals surface area contributed by atoms with Crippen molar-refractivity contribution in [1.82, 2.24) is 10.6 Å². The van der Waals surface area contributed by atoms with Crippen LogP contribution in [0.1, 0.15) is 44.2 Å². The number of hydrogen-bond acceptors (Lipinski definition) is 8. The van der Waals surface area contributed by atoms with Crippen LogP contribution in [-0.4, -0.2) is 66.7 Å². The molecule has 12 nitrogen and oxygen atoms in total. The second-order valence-electron chi connectivity index (χ2n) is 8.98. The summed E-state index contributed by atoms with van der Waals surface area (Å²) in [6.45, 7) is 5.25. The van der Waals surface area contributed by atoms with E-state index in [1.807, 2.05) is 44.2 Å². The van der Waals surface area contributed by atoms with Gasteiger partial charge in [0, 0.05) is 0 Å². The van der Waals surface area contributed by atoms with Crippen LogP contribution < -0.4 is 20.1 Å². The molecule has 0 saturated heterocycles. The number of carbonyl (C=O) groups excluding carboxylic acids is 3. The number of ether oxygens (including phenoxy) is 3. The lowest BCUT2D eigenvalue weighted by Crippen LogP contribution is -2.51. The molecule has 2 aromatic rings. The first kappa shape index (κ1) is 33.4. The number of rotatable bonds is 13. The van der Waals surface area contributed by atoms with Crippen LogP contribution in [0.4, 0.5) is 4.79 Å². The zero-order valence-corrected chi connectivity index (χ0v) is 23.1. The van der Waals surface area contributed by atoms with Crippen LogP contribution in [0.5, 0.6) is 11.5 Å². The first-order valence-electron chi connectivity index (χ1n) is 12.3. The minimum Gasteiger partial charge on any atom is -0.496 e. The molecule has 1 unspecified atom stereocenters. The molecule has 0 aromatic heterocycles. The number of carbonyl (C=O) groups is 5. The number of amides is 2. The number of aliphatic carboxylic acids is 2. The molecule has 0 bridgehead atoms. The Morgan fingerprint density at radius 2 is 1.43 bits per heavy atom. The van der Waals surface area contributed by atoms with E-state index in [1.54, 1.807) is 18.2 Å². The SMILES string of the molecule is CC(C)C[C@H](NC(=O)OCc1ccccc1)C(=O)N[C@@H](C)C(=O)O.COc1cccc(OC)c1C(C=O)C(=O)O. The molecule has 0 spiro atoms. The highest BCUT2D eigenvalue weighted by atomic mass is 16.5. The Morgan fingerprint density at radius 1 is 0.850 bits per heavy atom. The third kappa shape index (κ3) is 11.0. The Labute approximate surface area is 232 Å². The van der Waals surface area contributed by atoms with Crippen molar-refractivity contribution in [2.24, 2.45) is 5.92 Å². The quantitative estimate of drug-likeness (QED) is 0.210. The highest BCUT2D eigenvalue weighted by molar-refractivity contribution is 5.94. The van der Waals surface area contributed by atoms with Crippen molar-refractivity contribution in [1.29, 1.82) is 0 Å². The van der Waals surface area contributed by atoms with Crippen LogP contribution in [-0.2, 0) is 30.5 Å². The van der Waals surface area contributed by atoms with E-state index in [0.29, 0.717) is 24.2 Å². The summed E-state index contributed by atoms with van der Waals surface area (Å²) in [5.74, 6) is -3.44. The van der Waals surface area contributed by atoms with E-state index in [4.69, 9.17) is 24.4 Å². The van der Waals surface area contributed by atoms with Crippen LogP contribution in [0.2, 0.25) is 0 Å². The van der Waals surface area contributed by atoms with E-state index in [1.165, 1.54) is 21.1 Å². The third-order valence-electron chi connectivity index (χ3n) is 5.44. The van der Waals surface area contributed by atoms with E-state index >= 15 is 0 Å². The van der Waals surface area contributed by atoms with Crippen molar-refractivity contribution in [3.8, 4) is 11.5 Å². The highest BCUT2D eigenvalue weighted by Gasteiger charge is 2.27. The minimum atomic E-state index is -1.29. The molecule has 40 heavy (non-hydrogen) atoms. The molecule has 3 atom stereocenters. The second-order valence-corrected chi connectivity index (χ2v) is 8.98. The van der Waals surface area contributed by atoms with E-state index in [0.717, 1.165) is 5.56 Å². The van der Waals surface area contributed by atoms with Crippen molar-refractivity contribution in [2.75, 3.05) is 14.2 Å². The van der Waals surface area contributed by atoms with Gasteiger partial charge in [-0.1, -0.05) is 50.2 Å². The molecular weight excluding hydrogens is 524 g/mol. The molecule has 2 aromatic carbocycles. The van der Waals surface area contributed by atoms with Gasteiger partial charge < -0.3 is 39.9 Å². The standard InChI is InChI=1S/C17H24N2O5.C11H12O5/c1-11(2)9-14(15(20)18-12(3)16(21)22)19-17(23)24-10-13-7-5-4-6-8-13;1-15-8-4-3-5-9(16-2)10(8)7(6-12)11(13)14/h4-8,11-12,14H,9-10H2,1-3H3,(H,18,20)(H,19,23)(H,21,22);3-7H,1-2H3,(H,13,14)/t12-,14-;/m0./s1. The molecular formula is C28H36N2O10. The van der Waals surface area contributed by atoms with Gasteiger partial charge in [0.25, 0.3) is 0 Å². The van der Waals surface area contributed by atoms with Crippen molar-refractivity contribution >= 4 is 30.2 Å². The average Bonchev–Trinajstić information content (AvgIpc) is 2.92. The average molecular weight is 561 g/mol. The number of carboxylic acid groups (broad SMARTS) is 2. The number of methoxy groups -OCH3 is 2. The second kappa shape index (κ2) is 17.1. The maximum absolute atomic E-state index is 12.2. The lowest BCUT2D eigenvalue weighted by atomic mass is 9.98. The summed E-state index contributed by atoms with van der Waals surface area (Å²) in [4.78, 5) is 56.6. The Hall–Kier alpha value is -4.61. The van der Waals surface area contributed by atoms with Gasteiger partial charge >= 0.3 is 18.0 Å². The first-order chi connectivity index (χ1) is 18.9. The molecule has 0 aliphatic carbocycles. The molecule has 218 valence electrons. The molecule has 0 heterocycles. The van der Waals surface area contributed by atoms with Gasteiger partial charge in [0.05, 0.1) is 19.8 Å². The van der Waals surface area contributed by atoms with Crippen molar-refractivity contribution in [3.63, 3.8) is 0 Å². The Bertz CT molecular complexity index is 1110. The normalized spacial score (nSPS) is 12.4. The number of alkyl carbamates (subject to hydrolysis) is 1. The maximum Gasteiger partial charge on any atom is 0.408 e. The molecule has 2 rings (SSSR count). The van der Waals surface area contributed by atoms with Gasteiger partial charge in [-0.2, -0.15) is 0 Å². The van der Waals surface area contributed by atoms with Gasteiger partial charge in [-0.15, -0.1) is 0 Å². The molecule has 0 fully saturated rings. The molecule has 12 heteroatoms. The zero-order valence-electron chi connectivity index (χ0n) is 23.1. The molecule has 0 radical (unpaired) electrons. The van der Waals surface area contributed by atoms with Crippen molar-refractivity contribution in [2.45, 2.75) is 51.8 Å². The van der Waals surface area contributed by atoms with E-state index in [9.17, 15) is 24.0 Å². The fourth-order valence-corrected chi connectivity index (χ4v) is 3.42. The van der Waals surface area contributed by atoms with Gasteiger partial charge in [-0.05, 0) is 37.0 Å². The van der Waals surface area contributed by atoms with Crippen molar-refractivity contribution < 1.29 is 48.4 Å². The summed E-state index contributed by atoms with van der Waals surface area (Å²) >= 11 is 0. The van der Waals surface area contributed by atoms with Gasteiger partial charge in [-0.3, -0.25) is 14.4 Å². The lowest BCUT2D eigenvalue weighted by molar-refractivity contribution is -0.141. The van der Waals surface area contributed by atoms with Crippen molar-refractivity contribution in [3.05, 3.63) is 59.7 Å². The van der Waals surface area contributed by atoms with E-state index in [-0.39, 0.29) is 18.1 Å². The zero-order chi connectivity index (χ0) is 30.2. The van der Waals surface area contributed by atoms with E-state index in [2.05, 4.69) is 10.6 Å². The van der Waals surface area contributed by atoms with Gasteiger partial charge in [0.15, 0.2) is 0 Å². The van der Waals surface area contributed by atoms with E-state index < -0.39 is 41.9 Å². The largest absolute Gasteiger partial charge is 0.496 e. The fraction of sp³-hybridized carbons (Fsp3) is 0.393. The third-order valence-corrected chi connectivity index (χ3v) is 5.44. The molecule has 0 aliphatic heterocycles. The predicted molar refractivity (Wildman–Crippen MR) is 144 cm³/mol. The summed E-state index contributed by atoms with van der Waals surface area (Å²) in [5, 5.41) is 22.6. The van der Waals surface area contributed by atoms with Crippen LogP contribution >= 0.6 is 0 Å². The monoisotopic (exact) mass is 560 g/mol. The van der Waals surface area contributed by atoms with Gasteiger partial charge in [-0.25, -0.2) is 4.79 Å². The summed E-state index contributed by atoms with van der Waals surface area (Å²) in [5.41, 5.74) is 1.06. The lowest BCUT2D eigenvalue weighted by Gasteiger charge is -2.21. The Morgan fingerprint density at radius 3 is 1.88 bits per heavy atom. The molecule has 0 aliphatic rings. The summed E-state index contributed by atoms with van der Waals surface area (Å²) in [6.07, 6.45) is 0.00374. The van der Waals surface area contributed by atoms with Gasteiger partial charge in [0.1, 0.15) is 42.4 Å². The summed E-state index contributed by atoms with van der Waals surface area (Å²) < 4.78 is 15.1. The van der Waals surface area contributed by atoms with Crippen LogP contribution in [0.3, 0.4) is 0 Å². The number of hydrogen-bond donors (Lipinski definition) is 4. The highest BCUT2D eigenvalue weighted by Crippen LogP contribution is 2.34. The number of carboxylic acids is 2. The molecule has 4 N–H and O–H groups in total. The number of aldehydes is 1. The number of benzene rings is 2. The van der Waals surface area contributed by atoms with Crippen LogP contribution in [0, 0.1) is 5.92 Å². The number of nitrogens with one attached hydrogen (secondary N) is 2. The Kier molecular flexibility index (Phi) is 14.3. The predicted octanol–water partition coefficient (Wildman–Crippen LogP) is 2.99. The topological polar surface area (TPSA) is 178 Å². The van der Waals surface area contributed by atoms with Crippen LogP contribution in [0.15, 0.2) is 48.5 Å². The smallest absolute Gasteiger partial charge is 0.408 e. The maximum atomic E-state index is 12.2. The first-order valence-corrected chi connectivity index (χ1v) is 12.3. The summed E-state index contributed by atoms with van der Waals surface area (Å²) in [6, 6.07) is 12.1. The fourth-order valence-electron chi connectivity index (χ4n) is 3.42. The summed E-state index contributed by atoms with van der Waals surface area (Å²) in [7, 11) is 2.81. The molecule has 0 saturated carbocycles.